The molecule has 0 atom stereocenters. The number of Topliss-reactive ketones (excluding diaryl/α,β-unsaturated/α-hetero) is 1. The van der Waals surface area contributed by atoms with Crippen molar-refractivity contribution in [2.45, 2.75) is 6.54 Å². The molecular weight excluding hydrogens is 388 g/mol. The topological polar surface area (TPSA) is 96.6 Å². The number of rotatable bonds is 5. The largest absolute Gasteiger partial charge is 0.363 e. The number of piperazine rings is 1. The summed E-state index contributed by atoms with van der Waals surface area (Å²) in [6, 6.07) is 11.9. The number of ketones is 1. The molecule has 2 N–H and O–H groups in total. The number of amides is 2. The minimum atomic E-state index is -1.01. The molecule has 7 nitrogen and oxygen atoms in total. The number of primary amides is 1. The summed E-state index contributed by atoms with van der Waals surface area (Å²) in [6.45, 7) is 3.70. The highest BCUT2D eigenvalue weighted by Crippen LogP contribution is 2.26. The Labute approximate surface area is 171 Å². The monoisotopic (exact) mass is 408 g/mol. The van der Waals surface area contributed by atoms with E-state index >= 15 is 0 Å². The molecule has 4 rings (SSSR count). The number of fused-ring (bicyclic) bond motifs is 1. The summed E-state index contributed by atoms with van der Waals surface area (Å²) in [5, 5.41) is 2.18. The Morgan fingerprint density at radius 3 is 2.48 bits per heavy atom. The average Bonchev–Trinajstić information content (AvgIpc) is 3.17. The average molecular weight is 408 g/mol. The molecule has 3 aromatic rings. The summed E-state index contributed by atoms with van der Waals surface area (Å²) in [5.74, 6) is -1.90. The molecule has 0 spiro atoms. The van der Waals surface area contributed by atoms with E-state index in [4.69, 9.17) is 5.73 Å². The lowest BCUT2D eigenvalue weighted by molar-refractivity contribution is -0.114. The number of pyridine rings is 1. The summed E-state index contributed by atoms with van der Waals surface area (Å²) < 4.78 is 0. The summed E-state index contributed by atoms with van der Waals surface area (Å²) in [5.41, 5.74) is 7.36. The highest BCUT2D eigenvalue weighted by Gasteiger charge is 2.24. The van der Waals surface area contributed by atoms with Crippen molar-refractivity contribution in [3.8, 4) is 0 Å². The fraction of sp³-hybridized carbons (Fsp3) is 0.238. The van der Waals surface area contributed by atoms with Gasteiger partial charge in [-0.15, -0.1) is 11.3 Å². The number of carbonyl (C=O) groups excluding carboxylic acids is 3. The molecule has 0 bridgehead atoms. The minimum Gasteiger partial charge on any atom is -0.363 e. The first-order valence-electron chi connectivity index (χ1n) is 9.30. The zero-order valence-corrected chi connectivity index (χ0v) is 16.5. The van der Waals surface area contributed by atoms with Crippen molar-refractivity contribution in [2.75, 3.05) is 26.2 Å². The number of thiophene rings is 1. The van der Waals surface area contributed by atoms with Crippen LogP contribution in [0.2, 0.25) is 0 Å². The Morgan fingerprint density at radius 1 is 1.07 bits per heavy atom. The Kier molecular flexibility index (Phi) is 5.37. The molecule has 29 heavy (non-hydrogen) atoms. The standard InChI is InChI=1S/C21H20N4O3S/c22-20(27)18(26)19-16-10-15(11-23-17(16)13-29-19)21(28)25-8-6-24(7-9-25)12-14-4-2-1-3-5-14/h1-5,10-11,13H,6-9,12H2,(H2,22,27). The molecule has 3 heterocycles. The van der Waals surface area contributed by atoms with Gasteiger partial charge in [0.2, 0.25) is 0 Å². The molecule has 8 heteroatoms. The van der Waals surface area contributed by atoms with Crippen molar-refractivity contribution in [1.29, 1.82) is 0 Å². The number of nitrogens with two attached hydrogens (primary N) is 1. The van der Waals surface area contributed by atoms with Crippen LogP contribution >= 0.6 is 11.3 Å². The van der Waals surface area contributed by atoms with Crippen molar-refractivity contribution in [3.05, 3.63) is 64.0 Å². The molecule has 0 unspecified atom stereocenters. The summed E-state index contributed by atoms with van der Waals surface area (Å²) in [7, 11) is 0. The zero-order chi connectivity index (χ0) is 20.4. The first-order valence-corrected chi connectivity index (χ1v) is 10.2. The van der Waals surface area contributed by atoms with Gasteiger partial charge in [-0.25, -0.2) is 0 Å². The molecule has 1 aliphatic heterocycles. The fourth-order valence-electron chi connectivity index (χ4n) is 3.47. The van der Waals surface area contributed by atoms with Crippen LogP contribution in [-0.2, 0) is 11.3 Å². The van der Waals surface area contributed by atoms with Gasteiger partial charge in [-0.05, 0) is 11.6 Å². The van der Waals surface area contributed by atoms with Gasteiger partial charge in [0.05, 0.1) is 16.0 Å². The molecule has 1 aromatic carbocycles. The van der Waals surface area contributed by atoms with Crippen molar-refractivity contribution >= 4 is 39.8 Å². The van der Waals surface area contributed by atoms with Crippen molar-refractivity contribution in [1.82, 2.24) is 14.8 Å². The maximum Gasteiger partial charge on any atom is 0.290 e. The minimum absolute atomic E-state index is 0.123. The van der Waals surface area contributed by atoms with Gasteiger partial charge in [0, 0.05) is 49.7 Å². The Hall–Kier alpha value is -3.10. The first kappa shape index (κ1) is 19.2. The molecule has 1 saturated heterocycles. The lowest BCUT2D eigenvalue weighted by Gasteiger charge is -2.34. The maximum absolute atomic E-state index is 12.9. The van der Waals surface area contributed by atoms with Crippen LogP contribution in [0.4, 0.5) is 0 Å². The van der Waals surface area contributed by atoms with Crippen LogP contribution in [0.3, 0.4) is 0 Å². The van der Waals surface area contributed by atoms with E-state index in [9.17, 15) is 14.4 Å². The third-order valence-electron chi connectivity index (χ3n) is 5.04. The molecule has 1 fully saturated rings. The number of aromatic nitrogens is 1. The molecule has 0 radical (unpaired) electrons. The highest BCUT2D eigenvalue weighted by atomic mass is 32.1. The maximum atomic E-state index is 12.9. The van der Waals surface area contributed by atoms with Gasteiger partial charge in [-0.3, -0.25) is 24.3 Å². The van der Waals surface area contributed by atoms with E-state index in [1.54, 1.807) is 16.3 Å². The van der Waals surface area contributed by atoms with Crippen LogP contribution in [0.25, 0.3) is 10.9 Å². The molecule has 0 saturated carbocycles. The summed E-state index contributed by atoms with van der Waals surface area (Å²) >= 11 is 1.11. The van der Waals surface area contributed by atoms with Gasteiger partial charge >= 0.3 is 0 Å². The lowest BCUT2D eigenvalue weighted by Crippen LogP contribution is -2.48. The van der Waals surface area contributed by atoms with E-state index in [1.807, 2.05) is 18.2 Å². The summed E-state index contributed by atoms with van der Waals surface area (Å²) in [4.78, 5) is 44.8. The van der Waals surface area contributed by atoms with Crippen molar-refractivity contribution in [3.63, 3.8) is 0 Å². The zero-order valence-electron chi connectivity index (χ0n) is 15.7. The SMILES string of the molecule is NC(=O)C(=O)c1scc2ncc(C(=O)N3CCN(Cc4ccccc4)CC3)cc12. The summed E-state index contributed by atoms with van der Waals surface area (Å²) in [6.07, 6.45) is 1.52. The molecule has 0 aliphatic carbocycles. The van der Waals surface area contributed by atoms with E-state index in [0.717, 1.165) is 31.0 Å². The van der Waals surface area contributed by atoms with E-state index in [1.165, 1.54) is 11.8 Å². The molecule has 2 aromatic heterocycles. The van der Waals surface area contributed by atoms with Crippen LogP contribution in [0.15, 0.2) is 48.0 Å². The highest BCUT2D eigenvalue weighted by molar-refractivity contribution is 7.14. The second kappa shape index (κ2) is 8.10. The smallest absolute Gasteiger partial charge is 0.290 e. The van der Waals surface area contributed by atoms with Crippen LogP contribution in [0, 0.1) is 0 Å². The molecule has 148 valence electrons. The predicted octanol–water partition coefficient (Wildman–Crippen LogP) is 1.92. The van der Waals surface area contributed by atoms with E-state index < -0.39 is 11.7 Å². The number of hydrogen-bond acceptors (Lipinski definition) is 6. The predicted molar refractivity (Wildman–Crippen MR) is 111 cm³/mol. The molecule has 2 amide bonds. The van der Waals surface area contributed by atoms with Crippen LogP contribution in [0.1, 0.15) is 25.6 Å². The lowest BCUT2D eigenvalue weighted by atomic mass is 10.1. The quantitative estimate of drug-likeness (QED) is 0.514. The van der Waals surface area contributed by atoms with Crippen LogP contribution in [0.5, 0.6) is 0 Å². The Bertz CT molecular complexity index is 1070. The Balaban J connectivity index is 1.46. The number of hydrogen-bond donors (Lipinski definition) is 1. The Morgan fingerprint density at radius 2 is 1.79 bits per heavy atom. The van der Waals surface area contributed by atoms with Gasteiger partial charge in [0.25, 0.3) is 17.6 Å². The second-order valence-electron chi connectivity index (χ2n) is 6.97. The van der Waals surface area contributed by atoms with Gasteiger partial charge in [-0.2, -0.15) is 0 Å². The van der Waals surface area contributed by atoms with E-state index in [-0.39, 0.29) is 10.8 Å². The van der Waals surface area contributed by atoms with E-state index in [2.05, 4.69) is 22.0 Å². The molecular formula is C21H20N4O3S. The first-order chi connectivity index (χ1) is 14.0. The van der Waals surface area contributed by atoms with Crippen LogP contribution in [-0.4, -0.2) is 58.6 Å². The van der Waals surface area contributed by atoms with Gasteiger partial charge in [0.1, 0.15) is 0 Å². The third kappa shape index (κ3) is 4.03. The fourth-order valence-corrected chi connectivity index (χ4v) is 4.38. The van der Waals surface area contributed by atoms with Crippen molar-refractivity contribution < 1.29 is 14.4 Å². The number of carbonyl (C=O) groups is 3. The number of benzene rings is 1. The molecule has 1 aliphatic rings. The van der Waals surface area contributed by atoms with Gasteiger partial charge < -0.3 is 10.6 Å². The third-order valence-corrected chi connectivity index (χ3v) is 6.02. The normalized spacial score (nSPS) is 14.8. The van der Waals surface area contributed by atoms with Gasteiger partial charge in [0.15, 0.2) is 0 Å². The van der Waals surface area contributed by atoms with E-state index in [0.29, 0.717) is 29.6 Å². The second-order valence-corrected chi connectivity index (χ2v) is 7.85. The van der Waals surface area contributed by atoms with Gasteiger partial charge in [-0.1, -0.05) is 30.3 Å². The van der Waals surface area contributed by atoms with Crippen LogP contribution < -0.4 is 5.73 Å². The number of nitrogens with zero attached hydrogens (tertiary/aromatic N) is 3. The van der Waals surface area contributed by atoms with Crippen molar-refractivity contribution in [2.24, 2.45) is 5.73 Å².